The molecule has 1 heterocycles. The Morgan fingerprint density at radius 3 is 2.68 bits per heavy atom. The molecule has 0 saturated carbocycles. The molecule has 0 unspecified atom stereocenters. The van der Waals surface area contributed by atoms with Gasteiger partial charge in [0.15, 0.2) is 5.15 Å². The fourth-order valence-corrected chi connectivity index (χ4v) is 3.21. The Kier molecular flexibility index (Phi) is 5.28. The van der Waals surface area contributed by atoms with Gasteiger partial charge in [-0.2, -0.15) is 0 Å². The SMILES string of the molecule is COc1ccc(-c2nccnc2Cl)cc1S(=O)(=O)NCCF. The standard InChI is InChI=1S/C13H13ClFN3O3S/c1-21-10-3-2-9(12-13(14)17-7-6-16-12)8-11(10)22(19,20)18-5-4-15/h2-3,6-8,18H,4-5H2,1H3. The van der Waals surface area contributed by atoms with E-state index in [1.165, 1.54) is 31.6 Å². The van der Waals surface area contributed by atoms with Crippen LogP contribution in [0.1, 0.15) is 0 Å². The molecule has 0 aliphatic heterocycles. The van der Waals surface area contributed by atoms with Gasteiger partial charge in [0.25, 0.3) is 0 Å². The largest absolute Gasteiger partial charge is 0.495 e. The highest BCUT2D eigenvalue weighted by Crippen LogP contribution is 2.31. The molecule has 9 heteroatoms. The molecule has 1 N–H and O–H groups in total. The minimum absolute atomic E-state index is 0.123. The van der Waals surface area contributed by atoms with Crippen molar-refractivity contribution < 1.29 is 17.5 Å². The smallest absolute Gasteiger partial charge is 0.244 e. The summed E-state index contributed by atoms with van der Waals surface area (Å²) in [5.74, 6) is 0.134. The van der Waals surface area contributed by atoms with Gasteiger partial charge >= 0.3 is 0 Å². The third-order valence-corrected chi connectivity index (χ3v) is 4.53. The first-order valence-corrected chi connectivity index (χ1v) is 8.06. The lowest BCUT2D eigenvalue weighted by molar-refractivity contribution is 0.402. The van der Waals surface area contributed by atoms with Crippen molar-refractivity contribution in [3.63, 3.8) is 0 Å². The summed E-state index contributed by atoms with van der Waals surface area (Å²) in [6, 6.07) is 4.45. The lowest BCUT2D eigenvalue weighted by Gasteiger charge is -2.12. The molecule has 118 valence electrons. The van der Waals surface area contributed by atoms with Crippen LogP contribution in [-0.2, 0) is 10.0 Å². The van der Waals surface area contributed by atoms with Gasteiger partial charge < -0.3 is 4.74 Å². The van der Waals surface area contributed by atoms with E-state index in [1.807, 2.05) is 0 Å². The number of methoxy groups -OCH3 is 1. The second-order valence-corrected chi connectivity index (χ2v) is 6.24. The lowest BCUT2D eigenvalue weighted by atomic mass is 10.1. The average molecular weight is 346 g/mol. The molecule has 1 aromatic carbocycles. The molecule has 22 heavy (non-hydrogen) atoms. The van der Waals surface area contributed by atoms with E-state index in [0.717, 1.165) is 0 Å². The van der Waals surface area contributed by atoms with Gasteiger partial charge in [0.1, 0.15) is 23.0 Å². The fraction of sp³-hybridized carbons (Fsp3) is 0.231. The van der Waals surface area contributed by atoms with E-state index in [-0.39, 0.29) is 22.3 Å². The van der Waals surface area contributed by atoms with Crippen molar-refractivity contribution in [3.05, 3.63) is 35.7 Å². The van der Waals surface area contributed by atoms with Crippen LogP contribution >= 0.6 is 11.6 Å². The van der Waals surface area contributed by atoms with Gasteiger partial charge in [-0.15, -0.1) is 0 Å². The number of alkyl halides is 1. The molecule has 0 amide bonds. The second kappa shape index (κ2) is 6.99. The number of rotatable bonds is 6. The summed E-state index contributed by atoms with van der Waals surface area (Å²) in [4.78, 5) is 7.85. The summed E-state index contributed by atoms with van der Waals surface area (Å²) in [5.41, 5.74) is 0.799. The highest BCUT2D eigenvalue weighted by molar-refractivity contribution is 7.89. The van der Waals surface area contributed by atoms with Crippen molar-refractivity contribution in [3.8, 4) is 17.0 Å². The van der Waals surface area contributed by atoms with Crippen LogP contribution in [0.25, 0.3) is 11.3 Å². The van der Waals surface area contributed by atoms with E-state index in [4.69, 9.17) is 16.3 Å². The third-order valence-electron chi connectivity index (χ3n) is 2.77. The summed E-state index contributed by atoms with van der Waals surface area (Å²) < 4.78 is 43.8. The molecule has 0 aliphatic carbocycles. The van der Waals surface area contributed by atoms with Crippen molar-refractivity contribution in [1.29, 1.82) is 0 Å². The van der Waals surface area contributed by atoms with E-state index in [9.17, 15) is 12.8 Å². The van der Waals surface area contributed by atoms with E-state index in [0.29, 0.717) is 11.3 Å². The summed E-state index contributed by atoms with van der Waals surface area (Å²) >= 11 is 5.96. The lowest BCUT2D eigenvalue weighted by Crippen LogP contribution is -2.26. The van der Waals surface area contributed by atoms with E-state index < -0.39 is 16.7 Å². The molecule has 0 saturated heterocycles. The number of ether oxygens (including phenoxy) is 1. The van der Waals surface area contributed by atoms with Gasteiger partial charge in [-0.3, -0.25) is 4.98 Å². The molecule has 1 aromatic heterocycles. The zero-order valence-corrected chi connectivity index (χ0v) is 13.2. The van der Waals surface area contributed by atoms with Crippen molar-refractivity contribution in [2.75, 3.05) is 20.3 Å². The van der Waals surface area contributed by atoms with Crippen LogP contribution in [0.3, 0.4) is 0 Å². The van der Waals surface area contributed by atoms with Gasteiger partial charge in [-0.25, -0.2) is 22.5 Å². The highest BCUT2D eigenvalue weighted by Gasteiger charge is 2.21. The van der Waals surface area contributed by atoms with E-state index >= 15 is 0 Å². The molecular formula is C13H13ClFN3O3S. The summed E-state index contributed by atoms with van der Waals surface area (Å²) in [6.07, 6.45) is 2.87. The Morgan fingerprint density at radius 2 is 2.05 bits per heavy atom. The zero-order chi connectivity index (χ0) is 16.2. The predicted octanol–water partition coefficient (Wildman–Crippen LogP) is 2.05. The van der Waals surface area contributed by atoms with E-state index in [1.54, 1.807) is 6.07 Å². The van der Waals surface area contributed by atoms with Crippen LogP contribution < -0.4 is 9.46 Å². The van der Waals surface area contributed by atoms with Gasteiger partial charge in [-0.05, 0) is 18.2 Å². The van der Waals surface area contributed by atoms with Crippen LogP contribution in [0.4, 0.5) is 4.39 Å². The molecule has 0 atom stereocenters. The Bertz CT molecular complexity index is 771. The summed E-state index contributed by atoms with van der Waals surface area (Å²) in [7, 11) is -2.57. The number of aromatic nitrogens is 2. The number of benzene rings is 1. The van der Waals surface area contributed by atoms with Gasteiger partial charge in [0.05, 0.1) is 7.11 Å². The molecule has 6 nitrogen and oxygen atoms in total. The van der Waals surface area contributed by atoms with Gasteiger partial charge in [-0.1, -0.05) is 11.6 Å². The first-order chi connectivity index (χ1) is 10.5. The number of nitrogens with zero attached hydrogens (tertiary/aromatic N) is 2. The van der Waals surface area contributed by atoms with Crippen molar-refractivity contribution >= 4 is 21.6 Å². The molecule has 0 bridgehead atoms. The molecule has 2 rings (SSSR count). The van der Waals surface area contributed by atoms with Crippen molar-refractivity contribution in [2.24, 2.45) is 0 Å². The summed E-state index contributed by atoms with van der Waals surface area (Å²) in [5, 5.41) is 0.146. The minimum Gasteiger partial charge on any atom is -0.495 e. The van der Waals surface area contributed by atoms with Crippen LogP contribution in [-0.4, -0.2) is 38.7 Å². The first-order valence-electron chi connectivity index (χ1n) is 6.20. The molecule has 0 radical (unpaired) electrons. The topological polar surface area (TPSA) is 81.2 Å². The van der Waals surface area contributed by atoms with Crippen LogP contribution in [0.2, 0.25) is 5.15 Å². The Hall–Kier alpha value is -1.77. The maximum atomic E-state index is 12.2. The number of sulfonamides is 1. The molecular weight excluding hydrogens is 333 g/mol. The highest BCUT2D eigenvalue weighted by atomic mass is 35.5. The van der Waals surface area contributed by atoms with Gasteiger partial charge in [0.2, 0.25) is 10.0 Å². The normalized spacial score (nSPS) is 11.4. The molecule has 2 aromatic rings. The van der Waals surface area contributed by atoms with Crippen molar-refractivity contribution in [1.82, 2.24) is 14.7 Å². The Balaban J connectivity index is 2.54. The van der Waals surface area contributed by atoms with E-state index in [2.05, 4.69) is 14.7 Å². The van der Waals surface area contributed by atoms with Crippen molar-refractivity contribution in [2.45, 2.75) is 4.90 Å². The molecule has 0 fully saturated rings. The number of nitrogens with one attached hydrogen (secondary N) is 1. The Labute approximate surface area is 132 Å². The van der Waals surface area contributed by atoms with Gasteiger partial charge in [0, 0.05) is 24.5 Å². The van der Waals surface area contributed by atoms with Crippen LogP contribution in [0, 0.1) is 0 Å². The minimum atomic E-state index is -3.91. The summed E-state index contributed by atoms with van der Waals surface area (Å²) in [6.45, 7) is -1.13. The number of hydrogen-bond donors (Lipinski definition) is 1. The molecule has 0 aliphatic rings. The molecule has 0 spiro atoms. The Morgan fingerprint density at radius 1 is 1.32 bits per heavy atom. The van der Waals surface area contributed by atoms with Crippen LogP contribution in [0.5, 0.6) is 5.75 Å². The zero-order valence-electron chi connectivity index (χ0n) is 11.6. The number of halogens is 2. The fourth-order valence-electron chi connectivity index (χ4n) is 1.80. The predicted molar refractivity (Wildman–Crippen MR) is 80.2 cm³/mol. The first kappa shape index (κ1) is 16.6. The number of hydrogen-bond acceptors (Lipinski definition) is 5. The average Bonchev–Trinajstić information content (AvgIpc) is 2.53. The van der Waals surface area contributed by atoms with Crippen LogP contribution in [0.15, 0.2) is 35.5 Å². The monoisotopic (exact) mass is 345 g/mol. The maximum Gasteiger partial charge on any atom is 0.244 e. The maximum absolute atomic E-state index is 12.2. The quantitative estimate of drug-likeness (QED) is 0.866. The second-order valence-electron chi connectivity index (χ2n) is 4.15. The third kappa shape index (κ3) is 3.52.